The number of para-hydroxylation sites is 1. The molecule has 1 aliphatic heterocycles. The van der Waals surface area contributed by atoms with Gasteiger partial charge in [-0.15, -0.1) is 12.4 Å². The minimum absolute atomic E-state index is 0. The molecule has 0 aliphatic carbocycles. The number of aromatic nitrogens is 3. The Labute approximate surface area is 175 Å². The number of carbonyl (C=O) groups excluding carboxylic acids is 1. The van der Waals surface area contributed by atoms with Gasteiger partial charge in [-0.3, -0.25) is 4.79 Å². The lowest BCUT2D eigenvalue weighted by atomic mass is 10.2. The van der Waals surface area contributed by atoms with Gasteiger partial charge < -0.3 is 9.80 Å². The molecule has 1 aliphatic rings. The van der Waals surface area contributed by atoms with Gasteiger partial charge in [-0.1, -0.05) is 29.5 Å². The number of hydrogen-bond acceptors (Lipinski definition) is 5. The van der Waals surface area contributed by atoms with E-state index in [1.54, 1.807) is 0 Å². The maximum absolute atomic E-state index is 13.0. The van der Waals surface area contributed by atoms with Crippen molar-refractivity contribution in [2.75, 3.05) is 31.1 Å². The van der Waals surface area contributed by atoms with E-state index in [4.69, 9.17) is 0 Å². The third-order valence-corrected chi connectivity index (χ3v) is 5.98. The van der Waals surface area contributed by atoms with E-state index in [9.17, 15) is 4.79 Å². The van der Waals surface area contributed by atoms with Crippen molar-refractivity contribution in [2.24, 2.45) is 0 Å². The molecule has 0 spiro atoms. The molecular weight excluding hydrogens is 394 g/mol. The van der Waals surface area contributed by atoms with Gasteiger partial charge in [-0.25, -0.2) is 9.67 Å². The average molecular weight is 418 g/mol. The van der Waals surface area contributed by atoms with Gasteiger partial charge in [0.25, 0.3) is 5.91 Å². The first kappa shape index (κ1) is 20.4. The van der Waals surface area contributed by atoms with Crippen LogP contribution in [0.15, 0.2) is 36.4 Å². The Kier molecular flexibility index (Phi) is 6.05. The van der Waals surface area contributed by atoms with E-state index in [1.165, 1.54) is 17.0 Å². The fourth-order valence-corrected chi connectivity index (χ4v) is 4.49. The van der Waals surface area contributed by atoms with E-state index in [-0.39, 0.29) is 18.3 Å². The molecule has 1 fully saturated rings. The summed E-state index contributed by atoms with van der Waals surface area (Å²) in [7, 11) is 0. The van der Waals surface area contributed by atoms with Crippen molar-refractivity contribution < 1.29 is 4.79 Å². The number of nitrogens with zero attached hydrogens (tertiary/aromatic N) is 5. The first-order chi connectivity index (χ1) is 13.0. The summed E-state index contributed by atoms with van der Waals surface area (Å²) < 4.78 is 1.82. The Balaban J connectivity index is 0.00000225. The molecule has 1 amide bonds. The Morgan fingerprint density at radius 3 is 2.32 bits per heavy atom. The Hall–Kier alpha value is -2.38. The maximum Gasteiger partial charge on any atom is 0.266 e. The molecule has 3 heterocycles. The van der Waals surface area contributed by atoms with E-state index >= 15 is 0 Å². The molecule has 0 bridgehead atoms. The maximum atomic E-state index is 13.0. The fraction of sp³-hybridized carbons (Fsp3) is 0.350. The third kappa shape index (κ3) is 3.91. The fourth-order valence-electron chi connectivity index (χ4n) is 3.44. The standard InChI is InChI=1S/C20H23N5OS.ClH/c1-14-13-15(2)25(22-14)20-21-16(3)18(27-20)19(26)24-11-9-23(10-12-24)17-7-5-4-6-8-17;/h4-8,13H,9-12H2,1-3H3;1H. The summed E-state index contributed by atoms with van der Waals surface area (Å²) in [5, 5.41) is 5.24. The van der Waals surface area contributed by atoms with Crippen LogP contribution >= 0.6 is 23.7 Å². The summed E-state index contributed by atoms with van der Waals surface area (Å²) in [6, 6.07) is 12.4. The lowest BCUT2D eigenvalue weighted by Crippen LogP contribution is -2.48. The third-order valence-electron chi connectivity index (χ3n) is 4.86. The molecule has 4 rings (SSSR count). The molecular formula is C20H24ClN5OS. The second-order valence-corrected chi connectivity index (χ2v) is 7.84. The van der Waals surface area contributed by atoms with Crippen molar-refractivity contribution in [3.05, 3.63) is 58.4 Å². The number of piperazine rings is 1. The molecule has 0 atom stereocenters. The highest BCUT2D eigenvalue weighted by Crippen LogP contribution is 2.25. The monoisotopic (exact) mass is 417 g/mol. The van der Waals surface area contributed by atoms with Gasteiger partial charge in [0.2, 0.25) is 5.13 Å². The number of aryl methyl sites for hydroxylation is 3. The van der Waals surface area contributed by atoms with Crippen LogP contribution in [0.25, 0.3) is 5.13 Å². The first-order valence-electron chi connectivity index (χ1n) is 9.13. The number of hydrogen-bond donors (Lipinski definition) is 0. The smallest absolute Gasteiger partial charge is 0.266 e. The van der Waals surface area contributed by atoms with E-state index in [0.717, 1.165) is 48.4 Å². The van der Waals surface area contributed by atoms with Gasteiger partial charge in [-0.05, 0) is 39.0 Å². The summed E-state index contributed by atoms with van der Waals surface area (Å²) in [4.78, 5) is 22.6. The first-order valence-corrected chi connectivity index (χ1v) is 9.95. The van der Waals surface area contributed by atoms with E-state index in [2.05, 4.69) is 27.1 Å². The molecule has 0 radical (unpaired) electrons. The zero-order valence-corrected chi connectivity index (χ0v) is 17.9. The zero-order valence-electron chi connectivity index (χ0n) is 16.3. The van der Waals surface area contributed by atoms with Gasteiger partial charge in [0.05, 0.1) is 11.4 Å². The number of benzene rings is 1. The topological polar surface area (TPSA) is 54.3 Å². The van der Waals surface area contributed by atoms with Crippen LogP contribution in [0, 0.1) is 20.8 Å². The normalized spacial score (nSPS) is 14.1. The summed E-state index contributed by atoms with van der Waals surface area (Å²) in [5.41, 5.74) is 3.96. The summed E-state index contributed by atoms with van der Waals surface area (Å²) in [6.07, 6.45) is 0. The highest BCUT2D eigenvalue weighted by molar-refractivity contribution is 7.16. The average Bonchev–Trinajstić information content (AvgIpc) is 3.23. The molecule has 3 aromatic rings. The van der Waals surface area contributed by atoms with Crippen LogP contribution in [-0.2, 0) is 0 Å². The van der Waals surface area contributed by atoms with Crippen LogP contribution in [0.3, 0.4) is 0 Å². The second kappa shape index (κ2) is 8.32. The minimum Gasteiger partial charge on any atom is -0.368 e. The van der Waals surface area contributed by atoms with Crippen molar-refractivity contribution in [3.8, 4) is 5.13 Å². The minimum atomic E-state index is 0. The van der Waals surface area contributed by atoms with Crippen molar-refractivity contribution in [3.63, 3.8) is 0 Å². The number of rotatable bonds is 3. The number of halogens is 1. The molecule has 148 valence electrons. The van der Waals surface area contributed by atoms with Crippen molar-refractivity contribution in [1.29, 1.82) is 0 Å². The highest BCUT2D eigenvalue weighted by atomic mass is 35.5. The van der Waals surface area contributed by atoms with Crippen LogP contribution in [0.4, 0.5) is 5.69 Å². The van der Waals surface area contributed by atoms with E-state index < -0.39 is 0 Å². The molecule has 6 nitrogen and oxygen atoms in total. The molecule has 1 saturated heterocycles. The van der Waals surface area contributed by atoms with E-state index in [0.29, 0.717) is 4.88 Å². The van der Waals surface area contributed by atoms with Crippen LogP contribution in [0.5, 0.6) is 0 Å². The van der Waals surface area contributed by atoms with E-state index in [1.807, 2.05) is 54.6 Å². The van der Waals surface area contributed by atoms with Gasteiger partial charge >= 0.3 is 0 Å². The molecule has 8 heteroatoms. The SMILES string of the molecule is Cc1cc(C)n(-c2nc(C)c(C(=O)N3CCN(c4ccccc4)CC3)s2)n1.Cl. The predicted molar refractivity (Wildman–Crippen MR) is 115 cm³/mol. The zero-order chi connectivity index (χ0) is 19.0. The van der Waals surface area contributed by atoms with Gasteiger partial charge in [-0.2, -0.15) is 5.10 Å². The predicted octanol–water partition coefficient (Wildman–Crippen LogP) is 3.64. The van der Waals surface area contributed by atoms with Gasteiger partial charge in [0.1, 0.15) is 4.88 Å². The largest absolute Gasteiger partial charge is 0.368 e. The lowest BCUT2D eigenvalue weighted by molar-refractivity contribution is 0.0750. The van der Waals surface area contributed by atoms with Crippen LogP contribution in [0.1, 0.15) is 26.8 Å². The number of thiazole rings is 1. The number of carbonyl (C=O) groups is 1. The number of anilines is 1. The lowest BCUT2D eigenvalue weighted by Gasteiger charge is -2.36. The molecule has 2 aromatic heterocycles. The summed E-state index contributed by atoms with van der Waals surface area (Å²) in [5.74, 6) is 0.0745. The molecule has 0 N–H and O–H groups in total. The Morgan fingerprint density at radius 1 is 1.04 bits per heavy atom. The molecule has 0 unspecified atom stereocenters. The molecule has 0 saturated carbocycles. The Morgan fingerprint density at radius 2 is 1.71 bits per heavy atom. The van der Waals surface area contributed by atoms with Crippen molar-refractivity contribution >= 4 is 35.3 Å². The summed E-state index contributed by atoms with van der Waals surface area (Å²) >= 11 is 1.42. The van der Waals surface area contributed by atoms with Crippen LogP contribution < -0.4 is 4.90 Å². The van der Waals surface area contributed by atoms with Crippen molar-refractivity contribution in [1.82, 2.24) is 19.7 Å². The number of amides is 1. The molecule has 28 heavy (non-hydrogen) atoms. The second-order valence-electron chi connectivity index (χ2n) is 6.86. The Bertz CT molecular complexity index is 960. The van der Waals surface area contributed by atoms with Crippen LogP contribution in [-0.4, -0.2) is 51.8 Å². The van der Waals surface area contributed by atoms with Gasteiger partial charge in [0.15, 0.2) is 0 Å². The molecule has 1 aromatic carbocycles. The van der Waals surface area contributed by atoms with Gasteiger partial charge in [0, 0.05) is 37.6 Å². The quantitative estimate of drug-likeness (QED) is 0.652. The van der Waals surface area contributed by atoms with Crippen LogP contribution in [0.2, 0.25) is 0 Å². The highest BCUT2D eigenvalue weighted by Gasteiger charge is 2.26. The summed E-state index contributed by atoms with van der Waals surface area (Å²) in [6.45, 7) is 9.00. The van der Waals surface area contributed by atoms with Crippen molar-refractivity contribution in [2.45, 2.75) is 20.8 Å².